The highest BCUT2D eigenvalue weighted by molar-refractivity contribution is 9.10. The van der Waals surface area contributed by atoms with E-state index < -0.39 is 6.04 Å². The number of benzene rings is 1. The average molecular weight is 608 g/mol. The summed E-state index contributed by atoms with van der Waals surface area (Å²) in [4.78, 5) is 46.2. The van der Waals surface area contributed by atoms with E-state index in [0.717, 1.165) is 28.5 Å². The molecule has 10 nitrogen and oxygen atoms in total. The molecule has 1 N–H and O–H groups in total. The zero-order valence-electron chi connectivity index (χ0n) is 22.4. The molecule has 2 bridgehead atoms. The van der Waals surface area contributed by atoms with E-state index in [1.165, 1.54) is 6.92 Å². The molecule has 3 aliphatic rings. The summed E-state index contributed by atoms with van der Waals surface area (Å²) >= 11 is 3.39. The quantitative estimate of drug-likeness (QED) is 0.273. The van der Waals surface area contributed by atoms with Crippen LogP contribution in [0.25, 0.3) is 10.9 Å². The number of hydrogen-bond donors (Lipinski definition) is 1. The Balaban J connectivity index is 1.33. The first-order valence-corrected chi connectivity index (χ1v) is 14.1. The van der Waals surface area contributed by atoms with E-state index in [1.807, 2.05) is 43.3 Å². The second-order valence-electron chi connectivity index (χ2n) is 10.8. The van der Waals surface area contributed by atoms with E-state index >= 15 is 0 Å². The van der Waals surface area contributed by atoms with Crippen LogP contribution in [0.4, 0.5) is 5.82 Å². The number of anilines is 1. The van der Waals surface area contributed by atoms with E-state index in [2.05, 4.69) is 31.3 Å². The van der Waals surface area contributed by atoms with Crippen molar-refractivity contribution in [2.75, 3.05) is 25.1 Å². The van der Waals surface area contributed by atoms with Crippen molar-refractivity contribution in [3.05, 3.63) is 63.9 Å². The highest BCUT2D eigenvalue weighted by Gasteiger charge is 2.67. The number of aromatic nitrogens is 3. The van der Waals surface area contributed by atoms with E-state index in [9.17, 15) is 14.4 Å². The van der Waals surface area contributed by atoms with Crippen LogP contribution < -0.4 is 5.32 Å². The standard InChI is InChI=1S/C29H30BrN5O5/c1-17-6-5-7-20-25(18(2)36)33-34(26(17)20)14-24(37)35-21-12-29(13-22(29)35)16-40-11-4-3-10-39-15-19-8-9-23(30)31-27(19)32-28(21)38/h3-9,21-22H,10-16H2,1-2H3,(H,31,32,38)/b4-3-/t21-,22+,29-/m0/s1. The summed E-state index contributed by atoms with van der Waals surface area (Å²) < 4.78 is 13.9. The first-order valence-electron chi connectivity index (χ1n) is 13.3. The van der Waals surface area contributed by atoms with Crippen LogP contribution in [-0.4, -0.2) is 69.2 Å². The number of rotatable bonds is 3. The number of aryl methyl sites for hydroxylation is 1. The van der Waals surface area contributed by atoms with Crippen molar-refractivity contribution >= 4 is 50.2 Å². The van der Waals surface area contributed by atoms with Gasteiger partial charge in [-0.15, -0.1) is 0 Å². The highest BCUT2D eigenvalue weighted by atomic mass is 79.9. The Morgan fingerprint density at radius 3 is 2.75 bits per heavy atom. The molecule has 4 heterocycles. The summed E-state index contributed by atoms with van der Waals surface area (Å²) in [6.45, 7) is 4.89. The van der Waals surface area contributed by atoms with Gasteiger partial charge in [-0.05, 0) is 47.3 Å². The Kier molecular flexibility index (Phi) is 7.05. The summed E-state index contributed by atoms with van der Waals surface area (Å²) in [5.41, 5.74) is 2.46. The Hall–Kier alpha value is -3.41. The van der Waals surface area contributed by atoms with E-state index in [-0.39, 0.29) is 42.2 Å². The molecule has 2 aromatic heterocycles. The van der Waals surface area contributed by atoms with Gasteiger partial charge in [0.05, 0.1) is 31.9 Å². The monoisotopic (exact) mass is 607 g/mol. The summed E-state index contributed by atoms with van der Waals surface area (Å²) in [6, 6.07) is 8.50. The SMILES string of the molecule is CC(=O)c1nn(CC(=O)N2[C@H]3C[C@@]4(COC/C=C\COCc5ccc(Br)nc5NC3=O)C[C@@H]24)c2c(C)cccc12. The van der Waals surface area contributed by atoms with Gasteiger partial charge in [-0.1, -0.05) is 36.4 Å². The van der Waals surface area contributed by atoms with Gasteiger partial charge in [-0.2, -0.15) is 5.10 Å². The molecule has 11 heteroatoms. The van der Waals surface area contributed by atoms with Gasteiger partial charge in [0.25, 0.3) is 0 Å². The second-order valence-corrected chi connectivity index (χ2v) is 11.6. The van der Waals surface area contributed by atoms with Gasteiger partial charge in [0.15, 0.2) is 5.78 Å². The van der Waals surface area contributed by atoms with Crippen molar-refractivity contribution in [2.24, 2.45) is 5.41 Å². The van der Waals surface area contributed by atoms with Crippen LogP contribution in [0.5, 0.6) is 0 Å². The predicted octanol–water partition coefficient (Wildman–Crippen LogP) is 3.81. The number of pyridine rings is 1. The van der Waals surface area contributed by atoms with Gasteiger partial charge in [0.1, 0.15) is 28.7 Å². The number of piperidine rings is 1. The van der Waals surface area contributed by atoms with E-state index in [4.69, 9.17) is 9.47 Å². The van der Waals surface area contributed by atoms with Gasteiger partial charge in [-0.3, -0.25) is 19.1 Å². The highest BCUT2D eigenvalue weighted by Crippen LogP contribution is 2.60. The first kappa shape index (κ1) is 26.8. The summed E-state index contributed by atoms with van der Waals surface area (Å²) in [5.74, 6) is -0.289. The number of nitrogens with one attached hydrogen (secondary N) is 1. The minimum absolute atomic E-state index is 0.0805. The number of Topliss-reactive ketones (excluding diaryl/α,β-unsaturated/α-hetero) is 1. The van der Waals surface area contributed by atoms with Crippen molar-refractivity contribution in [2.45, 2.75) is 51.9 Å². The number of carbonyl (C=O) groups is 3. The molecule has 40 heavy (non-hydrogen) atoms. The van der Waals surface area contributed by atoms with Crippen molar-refractivity contribution in [3.63, 3.8) is 0 Å². The van der Waals surface area contributed by atoms with Gasteiger partial charge in [-0.25, -0.2) is 4.98 Å². The lowest BCUT2D eigenvalue weighted by molar-refractivity contribution is -0.138. The van der Waals surface area contributed by atoms with Crippen LogP contribution in [0.15, 0.2) is 47.1 Å². The molecular weight excluding hydrogens is 578 g/mol. The lowest BCUT2D eigenvalue weighted by Gasteiger charge is -2.27. The van der Waals surface area contributed by atoms with Crippen molar-refractivity contribution in [3.8, 4) is 0 Å². The first-order chi connectivity index (χ1) is 19.3. The Morgan fingerprint density at radius 2 is 1.95 bits per heavy atom. The summed E-state index contributed by atoms with van der Waals surface area (Å²) in [7, 11) is 0. The Morgan fingerprint density at radius 1 is 1.15 bits per heavy atom. The zero-order chi connectivity index (χ0) is 28.0. The van der Waals surface area contributed by atoms with Gasteiger partial charge >= 0.3 is 0 Å². The summed E-state index contributed by atoms with van der Waals surface area (Å²) in [5, 5.41) is 8.20. The number of likely N-dealkylation sites (tertiary alicyclic amines) is 1. The maximum absolute atomic E-state index is 14.0. The number of para-hydroxylation sites is 1. The number of ketones is 1. The Labute approximate surface area is 239 Å². The van der Waals surface area contributed by atoms with Crippen LogP contribution in [0, 0.1) is 12.3 Å². The number of hydrogen-bond acceptors (Lipinski definition) is 7. The average Bonchev–Trinajstić information content (AvgIpc) is 3.31. The molecule has 2 fully saturated rings. The van der Waals surface area contributed by atoms with Crippen LogP contribution in [-0.2, 0) is 32.2 Å². The maximum Gasteiger partial charge on any atom is 0.248 e. The second kappa shape index (κ2) is 10.5. The topological polar surface area (TPSA) is 116 Å². The maximum atomic E-state index is 14.0. The van der Waals surface area contributed by atoms with Crippen molar-refractivity contribution < 1.29 is 23.9 Å². The molecule has 1 saturated heterocycles. The molecule has 2 amide bonds. The molecule has 3 aromatic rings. The number of ether oxygens (including phenoxy) is 2. The molecule has 1 saturated carbocycles. The van der Waals surface area contributed by atoms with Gasteiger partial charge in [0, 0.05) is 29.3 Å². The van der Waals surface area contributed by atoms with Crippen molar-refractivity contribution in [1.82, 2.24) is 19.7 Å². The molecule has 208 valence electrons. The largest absolute Gasteiger partial charge is 0.377 e. The molecule has 3 atom stereocenters. The molecule has 2 aliphatic heterocycles. The Bertz CT molecular complexity index is 1550. The van der Waals surface area contributed by atoms with Gasteiger partial charge < -0.3 is 19.7 Å². The van der Waals surface area contributed by atoms with E-state index in [1.54, 1.807) is 15.6 Å². The molecule has 1 spiro atoms. The van der Waals surface area contributed by atoms with Crippen molar-refractivity contribution in [1.29, 1.82) is 0 Å². The molecular formula is C29H30BrN5O5. The molecule has 0 radical (unpaired) electrons. The van der Waals surface area contributed by atoms with Crippen LogP contribution >= 0.6 is 15.9 Å². The minimum atomic E-state index is -0.694. The molecule has 1 aliphatic carbocycles. The predicted molar refractivity (Wildman–Crippen MR) is 151 cm³/mol. The number of nitrogens with zero attached hydrogens (tertiary/aromatic N) is 4. The summed E-state index contributed by atoms with van der Waals surface area (Å²) in [6.07, 6.45) is 5.10. The number of halogens is 1. The van der Waals surface area contributed by atoms with Crippen LogP contribution in [0.2, 0.25) is 0 Å². The third kappa shape index (κ3) is 4.86. The number of fused-ring (bicyclic) bond motifs is 3. The van der Waals surface area contributed by atoms with Gasteiger partial charge in [0.2, 0.25) is 11.8 Å². The zero-order valence-corrected chi connectivity index (χ0v) is 23.9. The lowest BCUT2D eigenvalue weighted by atomic mass is 10.00. The van der Waals surface area contributed by atoms with Crippen LogP contribution in [0.1, 0.15) is 41.4 Å². The number of carbonyl (C=O) groups excluding carboxylic acids is 3. The smallest absolute Gasteiger partial charge is 0.248 e. The third-order valence-corrected chi connectivity index (χ3v) is 8.47. The molecule has 6 rings (SSSR count). The fourth-order valence-corrected chi connectivity index (χ4v) is 6.32. The minimum Gasteiger partial charge on any atom is -0.377 e. The third-order valence-electron chi connectivity index (χ3n) is 8.03. The lowest BCUT2D eigenvalue weighted by Crippen LogP contribution is -2.47. The normalized spacial score (nSPS) is 25.4. The molecule has 0 unspecified atom stereocenters. The van der Waals surface area contributed by atoms with E-state index in [0.29, 0.717) is 42.4 Å². The fourth-order valence-electron chi connectivity index (χ4n) is 6.01. The number of amides is 2. The fraction of sp³-hybridized carbons (Fsp3) is 0.414. The van der Waals surface area contributed by atoms with Crippen LogP contribution in [0.3, 0.4) is 0 Å². The molecule has 1 aromatic carbocycles.